The van der Waals surface area contributed by atoms with Gasteiger partial charge in [-0.15, -0.1) is 0 Å². The molecule has 0 unspecified atom stereocenters. The Hall–Kier alpha value is -0.830. The first-order chi connectivity index (χ1) is 7.34. The first-order valence-corrected chi connectivity index (χ1v) is 6.09. The molecule has 0 radical (unpaired) electrons. The third-order valence-electron chi connectivity index (χ3n) is 3.69. The highest BCUT2D eigenvalue weighted by Gasteiger charge is 2.28. The molecule has 0 aromatic carbocycles. The molecule has 1 aliphatic heterocycles. The van der Waals surface area contributed by atoms with Crippen LogP contribution in [0.1, 0.15) is 48.9 Å². The average molecular weight is 205 g/mol. The van der Waals surface area contributed by atoms with Gasteiger partial charge in [0.2, 0.25) is 0 Å². The first-order valence-electron chi connectivity index (χ1n) is 6.09. The quantitative estimate of drug-likeness (QED) is 0.797. The lowest BCUT2D eigenvalue weighted by atomic mass is 9.94. The normalized spacial score (nSPS) is 23.3. The molecule has 1 saturated heterocycles. The van der Waals surface area contributed by atoms with Crippen molar-refractivity contribution in [2.75, 3.05) is 13.1 Å². The van der Waals surface area contributed by atoms with E-state index in [0.29, 0.717) is 0 Å². The number of nitrogens with zero attached hydrogens (tertiary/aromatic N) is 2. The summed E-state index contributed by atoms with van der Waals surface area (Å²) in [5.41, 5.74) is 2.80. The van der Waals surface area contributed by atoms with Gasteiger partial charge in [-0.05, 0) is 44.8 Å². The molecule has 2 heterocycles. The van der Waals surface area contributed by atoms with Crippen molar-refractivity contribution in [1.82, 2.24) is 15.1 Å². The minimum Gasteiger partial charge on any atom is -0.317 e. The molecule has 3 nitrogen and oxygen atoms in total. The molecule has 1 saturated carbocycles. The number of aryl methyl sites for hydroxylation is 1. The van der Waals surface area contributed by atoms with E-state index in [2.05, 4.69) is 28.2 Å². The standard InChI is InChI=1S/C12H19N3/c1-15-12(10-4-6-13-7-5-10)8-11(14-15)9-2-3-9/h8-10,13H,2-7H2,1H3. The van der Waals surface area contributed by atoms with Crippen molar-refractivity contribution < 1.29 is 0 Å². The summed E-state index contributed by atoms with van der Waals surface area (Å²) in [7, 11) is 2.10. The molecule has 82 valence electrons. The van der Waals surface area contributed by atoms with E-state index in [9.17, 15) is 0 Å². The molecular formula is C12H19N3. The summed E-state index contributed by atoms with van der Waals surface area (Å²) in [5, 5.41) is 8.06. The molecule has 0 atom stereocenters. The Kier molecular flexibility index (Phi) is 2.28. The summed E-state index contributed by atoms with van der Waals surface area (Å²) in [4.78, 5) is 0. The van der Waals surface area contributed by atoms with Gasteiger partial charge in [-0.1, -0.05) is 0 Å². The van der Waals surface area contributed by atoms with Gasteiger partial charge in [-0.25, -0.2) is 0 Å². The van der Waals surface area contributed by atoms with Crippen molar-refractivity contribution >= 4 is 0 Å². The summed E-state index contributed by atoms with van der Waals surface area (Å²) in [6, 6.07) is 2.35. The maximum absolute atomic E-state index is 4.64. The third kappa shape index (κ3) is 1.81. The first kappa shape index (κ1) is 9.40. The molecule has 1 aliphatic carbocycles. The van der Waals surface area contributed by atoms with Gasteiger partial charge in [0, 0.05) is 24.6 Å². The summed E-state index contributed by atoms with van der Waals surface area (Å²) in [6.07, 6.45) is 5.23. The van der Waals surface area contributed by atoms with Crippen molar-refractivity contribution in [2.24, 2.45) is 7.05 Å². The second-order valence-electron chi connectivity index (χ2n) is 4.92. The van der Waals surface area contributed by atoms with Crippen LogP contribution < -0.4 is 5.32 Å². The summed E-state index contributed by atoms with van der Waals surface area (Å²) in [6.45, 7) is 2.32. The van der Waals surface area contributed by atoms with Crippen molar-refractivity contribution in [3.63, 3.8) is 0 Å². The molecular weight excluding hydrogens is 186 g/mol. The minimum atomic E-state index is 0.733. The highest BCUT2D eigenvalue weighted by Crippen LogP contribution is 2.40. The van der Waals surface area contributed by atoms with Crippen LogP contribution in [0, 0.1) is 0 Å². The van der Waals surface area contributed by atoms with E-state index >= 15 is 0 Å². The van der Waals surface area contributed by atoms with Crippen molar-refractivity contribution in [1.29, 1.82) is 0 Å². The van der Waals surface area contributed by atoms with Gasteiger partial charge in [0.25, 0.3) is 0 Å². The number of rotatable bonds is 2. The Bertz CT molecular complexity index is 346. The fourth-order valence-electron chi connectivity index (χ4n) is 2.58. The van der Waals surface area contributed by atoms with E-state index in [1.807, 2.05) is 0 Å². The van der Waals surface area contributed by atoms with Crippen LogP contribution in [0.15, 0.2) is 6.07 Å². The highest BCUT2D eigenvalue weighted by molar-refractivity contribution is 5.21. The summed E-state index contributed by atoms with van der Waals surface area (Å²) in [5.74, 6) is 1.52. The summed E-state index contributed by atoms with van der Waals surface area (Å²) < 4.78 is 2.11. The van der Waals surface area contributed by atoms with Gasteiger partial charge in [0.05, 0.1) is 5.69 Å². The maximum atomic E-state index is 4.64. The van der Waals surface area contributed by atoms with Gasteiger partial charge in [0.15, 0.2) is 0 Å². The van der Waals surface area contributed by atoms with Crippen LogP contribution in [0.3, 0.4) is 0 Å². The van der Waals surface area contributed by atoms with Crippen LogP contribution in [0.2, 0.25) is 0 Å². The number of piperidine rings is 1. The molecule has 1 aromatic rings. The van der Waals surface area contributed by atoms with Crippen molar-refractivity contribution in [2.45, 2.75) is 37.5 Å². The van der Waals surface area contributed by atoms with E-state index in [1.54, 1.807) is 0 Å². The molecule has 3 heteroatoms. The molecule has 15 heavy (non-hydrogen) atoms. The van der Waals surface area contributed by atoms with E-state index < -0.39 is 0 Å². The lowest BCUT2D eigenvalue weighted by Gasteiger charge is -2.22. The Labute approximate surface area is 90.9 Å². The molecule has 3 rings (SSSR count). The van der Waals surface area contributed by atoms with Crippen LogP contribution in [0.5, 0.6) is 0 Å². The van der Waals surface area contributed by atoms with Crippen LogP contribution in [-0.2, 0) is 7.05 Å². The minimum absolute atomic E-state index is 0.733. The van der Waals surface area contributed by atoms with Crippen LogP contribution in [0.4, 0.5) is 0 Å². The zero-order chi connectivity index (χ0) is 10.3. The predicted octanol–water partition coefficient (Wildman–Crippen LogP) is 1.76. The molecule has 2 fully saturated rings. The lowest BCUT2D eigenvalue weighted by molar-refractivity contribution is 0.440. The van der Waals surface area contributed by atoms with Crippen LogP contribution >= 0.6 is 0 Å². The molecule has 0 amide bonds. The highest BCUT2D eigenvalue weighted by atomic mass is 15.3. The zero-order valence-corrected chi connectivity index (χ0v) is 9.37. The van der Waals surface area contributed by atoms with Gasteiger partial charge in [-0.2, -0.15) is 5.10 Å². The second-order valence-corrected chi connectivity index (χ2v) is 4.92. The Morgan fingerprint density at radius 1 is 1.20 bits per heavy atom. The van der Waals surface area contributed by atoms with E-state index in [1.165, 1.54) is 37.1 Å². The van der Waals surface area contributed by atoms with Gasteiger partial charge >= 0.3 is 0 Å². The van der Waals surface area contributed by atoms with E-state index in [4.69, 9.17) is 0 Å². The smallest absolute Gasteiger partial charge is 0.0658 e. The van der Waals surface area contributed by atoms with Crippen molar-refractivity contribution in [3.8, 4) is 0 Å². The number of hydrogen-bond donors (Lipinski definition) is 1. The monoisotopic (exact) mass is 205 g/mol. The second kappa shape index (κ2) is 3.63. The maximum Gasteiger partial charge on any atom is 0.0658 e. The fourth-order valence-corrected chi connectivity index (χ4v) is 2.58. The summed E-state index contributed by atoms with van der Waals surface area (Å²) >= 11 is 0. The van der Waals surface area contributed by atoms with E-state index in [-0.39, 0.29) is 0 Å². The van der Waals surface area contributed by atoms with Gasteiger partial charge in [0.1, 0.15) is 0 Å². The number of hydrogen-bond acceptors (Lipinski definition) is 2. The third-order valence-corrected chi connectivity index (χ3v) is 3.69. The molecule has 2 aliphatic rings. The average Bonchev–Trinajstić information content (AvgIpc) is 3.04. The topological polar surface area (TPSA) is 29.9 Å². The molecule has 0 spiro atoms. The van der Waals surface area contributed by atoms with Gasteiger partial charge in [-0.3, -0.25) is 4.68 Å². The number of aromatic nitrogens is 2. The number of nitrogens with one attached hydrogen (secondary N) is 1. The largest absolute Gasteiger partial charge is 0.317 e. The predicted molar refractivity (Wildman–Crippen MR) is 60.0 cm³/mol. The SMILES string of the molecule is Cn1nc(C2CC2)cc1C1CCNCC1. The molecule has 1 aromatic heterocycles. The van der Waals surface area contributed by atoms with E-state index in [0.717, 1.165) is 24.9 Å². The van der Waals surface area contributed by atoms with Crippen LogP contribution in [0.25, 0.3) is 0 Å². The van der Waals surface area contributed by atoms with Crippen molar-refractivity contribution in [3.05, 3.63) is 17.5 Å². The Morgan fingerprint density at radius 2 is 1.93 bits per heavy atom. The zero-order valence-electron chi connectivity index (χ0n) is 9.37. The van der Waals surface area contributed by atoms with Crippen LogP contribution in [-0.4, -0.2) is 22.9 Å². The van der Waals surface area contributed by atoms with Gasteiger partial charge < -0.3 is 5.32 Å². The fraction of sp³-hybridized carbons (Fsp3) is 0.750. The lowest BCUT2D eigenvalue weighted by Crippen LogP contribution is -2.27. The Morgan fingerprint density at radius 3 is 2.60 bits per heavy atom. The Balaban J connectivity index is 1.82. The molecule has 0 bridgehead atoms. The molecule has 1 N–H and O–H groups in total.